The number of likely N-dealkylation sites (N-methyl/N-ethyl adjacent to an activating group) is 1. The Labute approximate surface area is 126 Å². The Morgan fingerprint density at radius 3 is 2.82 bits per heavy atom. The third-order valence-corrected chi connectivity index (χ3v) is 2.74. The van der Waals surface area contributed by atoms with Crippen molar-refractivity contribution in [1.29, 1.82) is 0 Å². The Kier molecular flexibility index (Phi) is 4.92. The Morgan fingerprint density at radius 2 is 2.09 bits per heavy atom. The molecule has 0 fully saturated rings. The van der Waals surface area contributed by atoms with E-state index in [0.29, 0.717) is 11.4 Å². The first-order chi connectivity index (χ1) is 10.6. The SMILES string of the molecule is CNC(=O)COc1cccc(NC(=O)c2ncccc2O)c1. The van der Waals surface area contributed by atoms with E-state index in [1.807, 2.05) is 0 Å². The highest BCUT2D eigenvalue weighted by molar-refractivity contribution is 6.04. The maximum atomic E-state index is 12.0. The molecule has 3 N–H and O–H groups in total. The molecule has 0 unspecified atom stereocenters. The second kappa shape index (κ2) is 7.07. The molecule has 2 amide bonds. The van der Waals surface area contributed by atoms with Crippen LogP contribution in [0.4, 0.5) is 5.69 Å². The molecule has 0 saturated heterocycles. The molecule has 0 saturated carbocycles. The topological polar surface area (TPSA) is 101 Å². The van der Waals surface area contributed by atoms with E-state index in [2.05, 4.69) is 15.6 Å². The van der Waals surface area contributed by atoms with Gasteiger partial charge in [0.25, 0.3) is 11.8 Å². The highest BCUT2D eigenvalue weighted by Gasteiger charge is 2.12. The number of pyridine rings is 1. The van der Waals surface area contributed by atoms with Crippen LogP contribution in [0, 0.1) is 0 Å². The molecular weight excluding hydrogens is 286 g/mol. The summed E-state index contributed by atoms with van der Waals surface area (Å²) in [6, 6.07) is 9.47. The van der Waals surface area contributed by atoms with E-state index in [1.165, 1.54) is 25.4 Å². The summed E-state index contributed by atoms with van der Waals surface area (Å²) < 4.78 is 5.28. The number of carbonyl (C=O) groups excluding carboxylic acids is 2. The van der Waals surface area contributed by atoms with E-state index in [4.69, 9.17) is 4.74 Å². The number of nitrogens with zero attached hydrogens (tertiary/aromatic N) is 1. The van der Waals surface area contributed by atoms with Gasteiger partial charge in [0.1, 0.15) is 11.5 Å². The summed E-state index contributed by atoms with van der Waals surface area (Å²) in [5.41, 5.74) is 0.392. The van der Waals surface area contributed by atoms with Gasteiger partial charge in [-0.05, 0) is 24.3 Å². The van der Waals surface area contributed by atoms with Crippen molar-refractivity contribution in [1.82, 2.24) is 10.3 Å². The first-order valence-electron chi connectivity index (χ1n) is 6.49. The van der Waals surface area contributed by atoms with Gasteiger partial charge in [0.05, 0.1) is 0 Å². The number of ether oxygens (including phenoxy) is 1. The second-order valence-electron chi connectivity index (χ2n) is 4.31. The lowest BCUT2D eigenvalue weighted by Crippen LogP contribution is -2.24. The summed E-state index contributed by atoms with van der Waals surface area (Å²) in [6.45, 7) is -0.116. The van der Waals surface area contributed by atoms with Gasteiger partial charge in [0.15, 0.2) is 12.3 Å². The normalized spacial score (nSPS) is 9.86. The summed E-state index contributed by atoms with van der Waals surface area (Å²) in [4.78, 5) is 27.0. The lowest BCUT2D eigenvalue weighted by molar-refractivity contribution is -0.122. The van der Waals surface area contributed by atoms with Gasteiger partial charge in [-0.15, -0.1) is 0 Å². The number of carbonyl (C=O) groups is 2. The van der Waals surface area contributed by atoms with Gasteiger partial charge in [-0.25, -0.2) is 4.98 Å². The molecule has 0 aliphatic rings. The smallest absolute Gasteiger partial charge is 0.278 e. The van der Waals surface area contributed by atoms with Crippen molar-refractivity contribution in [3.8, 4) is 11.5 Å². The lowest BCUT2D eigenvalue weighted by Gasteiger charge is -2.09. The number of rotatable bonds is 5. The predicted octanol–water partition coefficient (Wildman–Crippen LogP) is 1.16. The van der Waals surface area contributed by atoms with E-state index >= 15 is 0 Å². The monoisotopic (exact) mass is 301 g/mol. The van der Waals surface area contributed by atoms with Crippen LogP contribution in [0.3, 0.4) is 0 Å². The van der Waals surface area contributed by atoms with Crippen LogP contribution in [0.15, 0.2) is 42.6 Å². The first kappa shape index (κ1) is 15.3. The van der Waals surface area contributed by atoms with Crippen LogP contribution in [-0.4, -0.2) is 35.6 Å². The van der Waals surface area contributed by atoms with Gasteiger partial charge in [-0.3, -0.25) is 9.59 Å². The molecule has 0 aliphatic heterocycles. The lowest BCUT2D eigenvalue weighted by atomic mass is 10.2. The van der Waals surface area contributed by atoms with Gasteiger partial charge >= 0.3 is 0 Å². The third kappa shape index (κ3) is 3.95. The van der Waals surface area contributed by atoms with Crippen LogP contribution < -0.4 is 15.4 Å². The Hall–Kier alpha value is -3.09. The molecule has 0 atom stereocenters. The fraction of sp³-hybridized carbons (Fsp3) is 0.133. The number of amides is 2. The molecular formula is C15H15N3O4. The van der Waals surface area contributed by atoms with Gasteiger partial charge in [0, 0.05) is 25.0 Å². The second-order valence-corrected chi connectivity index (χ2v) is 4.31. The fourth-order valence-corrected chi connectivity index (χ4v) is 1.65. The van der Waals surface area contributed by atoms with Gasteiger partial charge in [-0.2, -0.15) is 0 Å². The van der Waals surface area contributed by atoms with Crippen LogP contribution in [-0.2, 0) is 4.79 Å². The molecule has 0 radical (unpaired) electrons. The molecule has 0 aliphatic carbocycles. The number of anilines is 1. The Balaban J connectivity index is 2.05. The summed E-state index contributed by atoms with van der Waals surface area (Å²) in [6.07, 6.45) is 1.41. The highest BCUT2D eigenvalue weighted by atomic mass is 16.5. The zero-order valence-corrected chi connectivity index (χ0v) is 11.9. The van der Waals surface area contributed by atoms with Crippen molar-refractivity contribution in [3.05, 3.63) is 48.3 Å². The molecule has 114 valence electrons. The summed E-state index contributed by atoms with van der Waals surface area (Å²) in [7, 11) is 1.52. The van der Waals surface area contributed by atoms with Crippen LogP contribution in [0.2, 0.25) is 0 Å². The van der Waals surface area contributed by atoms with Crippen molar-refractivity contribution in [3.63, 3.8) is 0 Å². The summed E-state index contributed by atoms with van der Waals surface area (Å²) in [5, 5.41) is 14.6. The van der Waals surface area contributed by atoms with E-state index < -0.39 is 5.91 Å². The standard InChI is InChI=1S/C15H15N3O4/c1-16-13(20)9-22-11-5-2-4-10(8-11)18-15(21)14-12(19)6-3-7-17-14/h2-8,19H,9H2,1H3,(H,16,20)(H,18,21). The predicted molar refractivity (Wildman–Crippen MR) is 79.9 cm³/mol. The molecule has 0 bridgehead atoms. The van der Waals surface area contributed by atoms with E-state index in [-0.39, 0.29) is 24.0 Å². The maximum absolute atomic E-state index is 12.0. The van der Waals surface area contributed by atoms with Crippen LogP contribution in [0.1, 0.15) is 10.5 Å². The van der Waals surface area contributed by atoms with Crippen molar-refractivity contribution in [2.24, 2.45) is 0 Å². The number of nitrogens with one attached hydrogen (secondary N) is 2. The van der Waals surface area contributed by atoms with Crippen LogP contribution in [0.25, 0.3) is 0 Å². The molecule has 1 aromatic heterocycles. The molecule has 1 heterocycles. The number of aromatic hydroxyl groups is 1. The molecule has 2 rings (SSSR count). The zero-order chi connectivity index (χ0) is 15.9. The van der Waals surface area contributed by atoms with Gasteiger partial charge in [0.2, 0.25) is 0 Å². The summed E-state index contributed by atoms with van der Waals surface area (Å²) >= 11 is 0. The number of hydrogen-bond acceptors (Lipinski definition) is 5. The van der Waals surface area contributed by atoms with E-state index in [0.717, 1.165) is 0 Å². The minimum absolute atomic E-state index is 0.0702. The number of aromatic nitrogens is 1. The largest absolute Gasteiger partial charge is 0.505 e. The molecule has 7 heteroatoms. The van der Waals surface area contributed by atoms with Gasteiger partial charge in [-0.1, -0.05) is 6.07 Å². The Bertz CT molecular complexity index is 688. The highest BCUT2D eigenvalue weighted by Crippen LogP contribution is 2.19. The van der Waals surface area contributed by atoms with Crippen LogP contribution in [0.5, 0.6) is 11.5 Å². The number of hydrogen-bond donors (Lipinski definition) is 3. The maximum Gasteiger partial charge on any atom is 0.278 e. The Morgan fingerprint density at radius 1 is 1.27 bits per heavy atom. The average Bonchev–Trinajstić information content (AvgIpc) is 2.53. The molecule has 22 heavy (non-hydrogen) atoms. The first-order valence-corrected chi connectivity index (χ1v) is 6.49. The van der Waals surface area contributed by atoms with Crippen molar-refractivity contribution in [2.45, 2.75) is 0 Å². The minimum Gasteiger partial charge on any atom is -0.505 e. The van der Waals surface area contributed by atoms with Crippen molar-refractivity contribution >= 4 is 17.5 Å². The van der Waals surface area contributed by atoms with Crippen molar-refractivity contribution in [2.75, 3.05) is 19.0 Å². The average molecular weight is 301 g/mol. The number of benzene rings is 1. The van der Waals surface area contributed by atoms with Crippen molar-refractivity contribution < 1.29 is 19.4 Å². The quantitative estimate of drug-likeness (QED) is 0.769. The zero-order valence-electron chi connectivity index (χ0n) is 11.9. The molecule has 1 aromatic carbocycles. The summed E-state index contributed by atoms with van der Waals surface area (Å²) in [5.74, 6) is -0.562. The molecule has 7 nitrogen and oxygen atoms in total. The van der Waals surface area contributed by atoms with Crippen LogP contribution >= 0.6 is 0 Å². The van der Waals surface area contributed by atoms with E-state index in [1.54, 1.807) is 24.3 Å². The molecule has 2 aromatic rings. The molecule has 0 spiro atoms. The third-order valence-electron chi connectivity index (χ3n) is 2.74. The fourth-order valence-electron chi connectivity index (χ4n) is 1.65. The van der Waals surface area contributed by atoms with Gasteiger partial charge < -0.3 is 20.5 Å². The van der Waals surface area contributed by atoms with E-state index in [9.17, 15) is 14.7 Å². The minimum atomic E-state index is -0.540.